The molecule has 1 saturated heterocycles. The third-order valence-corrected chi connectivity index (χ3v) is 6.14. The molecule has 0 atom stereocenters. The van der Waals surface area contributed by atoms with Gasteiger partial charge in [0.05, 0.1) is 5.41 Å². The van der Waals surface area contributed by atoms with Crippen LogP contribution in [0.5, 0.6) is 0 Å². The lowest BCUT2D eigenvalue weighted by Gasteiger charge is -2.40. The fourth-order valence-electron chi connectivity index (χ4n) is 4.33. The molecule has 2 amide bonds. The molecule has 1 aromatic carbocycles. The van der Waals surface area contributed by atoms with Crippen molar-refractivity contribution in [1.29, 1.82) is 0 Å². The number of hydrogen-bond acceptors (Lipinski definition) is 5. The van der Waals surface area contributed by atoms with Gasteiger partial charge in [-0.15, -0.1) is 6.58 Å². The van der Waals surface area contributed by atoms with E-state index in [9.17, 15) is 9.59 Å². The molecule has 0 aliphatic carbocycles. The van der Waals surface area contributed by atoms with Crippen LogP contribution in [0.2, 0.25) is 0 Å². The third kappa shape index (κ3) is 5.14. The maximum atomic E-state index is 13.3. The third-order valence-electron chi connectivity index (χ3n) is 6.14. The Hall–Kier alpha value is -3.87. The maximum absolute atomic E-state index is 13.3. The lowest BCUT2D eigenvalue weighted by atomic mass is 9.72. The zero-order chi connectivity index (χ0) is 23.1. The number of aromatic nitrogens is 3. The molecule has 1 aliphatic rings. The number of piperidine rings is 1. The van der Waals surface area contributed by atoms with Gasteiger partial charge in [-0.25, -0.2) is 9.97 Å². The Morgan fingerprint density at radius 2 is 1.85 bits per heavy atom. The van der Waals surface area contributed by atoms with Gasteiger partial charge in [-0.3, -0.25) is 14.6 Å². The van der Waals surface area contributed by atoms with Crippen molar-refractivity contribution >= 4 is 11.8 Å². The highest BCUT2D eigenvalue weighted by molar-refractivity contribution is 5.92. The summed E-state index contributed by atoms with van der Waals surface area (Å²) in [5.41, 5.74) is 2.83. The number of benzene rings is 1. The van der Waals surface area contributed by atoms with Crippen molar-refractivity contribution in [1.82, 2.24) is 25.2 Å². The quantitative estimate of drug-likeness (QED) is 0.569. The molecule has 0 spiro atoms. The Balaban J connectivity index is 1.54. The molecule has 0 bridgehead atoms. The second-order valence-corrected chi connectivity index (χ2v) is 8.29. The summed E-state index contributed by atoms with van der Waals surface area (Å²) in [6.07, 6.45) is 10.1. The Kier molecular flexibility index (Phi) is 6.88. The molecule has 1 aliphatic heterocycles. The highest BCUT2D eigenvalue weighted by Gasteiger charge is 2.42. The standard InChI is InChI=1S/C26H27N5O2/c1-2-11-30-25(33)26(9-13-31(14-10-26)24(32)23-8-3-4-12-29-23)16-20-6-5-7-21(15-20)22-17-27-19-28-18-22/h2-8,12,15,17-19H,1,9-11,13-14,16H2,(H,30,33). The number of likely N-dealkylation sites (tertiary alicyclic amines) is 1. The molecule has 0 unspecified atom stereocenters. The van der Waals surface area contributed by atoms with Crippen LogP contribution < -0.4 is 5.32 Å². The van der Waals surface area contributed by atoms with E-state index in [2.05, 4.69) is 32.9 Å². The molecule has 0 radical (unpaired) electrons. The summed E-state index contributed by atoms with van der Waals surface area (Å²) in [7, 11) is 0. The first-order valence-corrected chi connectivity index (χ1v) is 11.1. The fraction of sp³-hybridized carbons (Fsp3) is 0.269. The molecule has 7 nitrogen and oxygen atoms in total. The molecular formula is C26H27N5O2. The molecule has 7 heteroatoms. The van der Waals surface area contributed by atoms with Crippen molar-refractivity contribution in [3.8, 4) is 11.1 Å². The number of pyridine rings is 1. The lowest BCUT2D eigenvalue weighted by molar-refractivity contribution is -0.133. The molecular weight excluding hydrogens is 414 g/mol. The average molecular weight is 442 g/mol. The number of carbonyl (C=O) groups is 2. The van der Waals surface area contributed by atoms with Crippen LogP contribution in [0, 0.1) is 5.41 Å². The highest BCUT2D eigenvalue weighted by Crippen LogP contribution is 2.37. The average Bonchev–Trinajstić information content (AvgIpc) is 2.88. The van der Waals surface area contributed by atoms with E-state index >= 15 is 0 Å². The molecule has 1 fully saturated rings. The SMILES string of the molecule is C=CCNC(=O)C1(Cc2cccc(-c3cncnc3)c2)CCN(C(=O)c2ccccn2)CC1. The predicted molar refractivity (Wildman–Crippen MR) is 126 cm³/mol. The van der Waals surface area contributed by atoms with E-state index in [1.54, 1.807) is 41.7 Å². The highest BCUT2D eigenvalue weighted by atomic mass is 16.2. The van der Waals surface area contributed by atoms with Gasteiger partial charge in [0.25, 0.3) is 5.91 Å². The summed E-state index contributed by atoms with van der Waals surface area (Å²) >= 11 is 0. The molecule has 168 valence electrons. The van der Waals surface area contributed by atoms with E-state index in [-0.39, 0.29) is 11.8 Å². The summed E-state index contributed by atoms with van der Waals surface area (Å²) in [4.78, 5) is 40.3. The van der Waals surface area contributed by atoms with Crippen molar-refractivity contribution < 1.29 is 9.59 Å². The van der Waals surface area contributed by atoms with Crippen molar-refractivity contribution in [2.45, 2.75) is 19.3 Å². The lowest BCUT2D eigenvalue weighted by Crippen LogP contribution is -2.51. The van der Waals surface area contributed by atoms with E-state index in [0.717, 1.165) is 16.7 Å². The van der Waals surface area contributed by atoms with Gasteiger partial charge in [0.1, 0.15) is 12.0 Å². The second-order valence-electron chi connectivity index (χ2n) is 8.29. The van der Waals surface area contributed by atoms with Crippen LogP contribution in [-0.2, 0) is 11.2 Å². The molecule has 3 heterocycles. The normalized spacial score (nSPS) is 15.0. The van der Waals surface area contributed by atoms with E-state index in [1.807, 2.05) is 24.3 Å². The maximum Gasteiger partial charge on any atom is 0.272 e. The van der Waals surface area contributed by atoms with Crippen molar-refractivity contribution in [3.05, 3.63) is 91.3 Å². The van der Waals surface area contributed by atoms with Gasteiger partial charge < -0.3 is 10.2 Å². The monoisotopic (exact) mass is 441 g/mol. The topological polar surface area (TPSA) is 88.1 Å². The summed E-state index contributed by atoms with van der Waals surface area (Å²) in [5.74, 6) is -0.0949. The first-order valence-electron chi connectivity index (χ1n) is 11.1. The van der Waals surface area contributed by atoms with E-state index < -0.39 is 5.41 Å². The Bertz CT molecular complexity index is 1110. The molecule has 33 heavy (non-hydrogen) atoms. The van der Waals surface area contributed by atoms with Crippen molar-refractivity contribution in [2.75, 3.05) is 19.6 Å². The molecule has 3 aromatic rings. The van der Waals surface area contributed by atoms with Crippen LogP contribution in [0.25, 0.3) is 11.1 Å². The van der Waals surface area contributed by atoms with Gasteiger partial charge in [-0.05, 0) is 42.5 Å². The van der Waals surface area contributed by atoms with Crippen LogP contribution in [0.1, 0.15) is 28.9 Å². The number of nitrogens with zero attached hydrogens (tertiary/aromatic N) is 4. The van der Waals surface area contributed by atoms with Crippen LogP contribution in [0.15, 0.2) is 80.0 Å². The van der Waals surface area contributed by atoms with Crippen molar-refractivity contribution in [2.24, 2.45) is 5.41 Å². The van der Waals surface area contributed by atoms with Gasteiger partial charge >= 0.3 is 0 Å². The summed E-state index contributed by atoms with van der Waals surface area (Å²) in [6, 6.07) is 13.5. The molecule has 2 aromatic heterocycles. The minimum atomic E-state index is -0.601. The zero-order valence-electron chi connectivity index (χ0n) is 18.5. The summed E-state index contributed by atoms with van der Waals surface area (Å²) < 4.78 is 0. The van der Waals surface area contributed by atoms with Gasteiger partial charge in [0.15, 0.2) is 0 Å². The summed E-state index contributed by atoms with van der Waals surface area (Å²) in [6.45, 7) is 5.13. The first kappa shape index (κ1) is 22.3. The van der Waals surface area contributed by atoms with E-state index in [0.29, 0.717) is 44.6 Å². The summed E-state index contributed by atoms with van der Waals surface area (Å²) in [5, 5.41) is 2.99. The fourth-order valence-corrected chi connectivity index (χ4v) is 4.33. The Morgan fingerprint density at radius 3 is 2.55 bits per heavy atom. The van der Waals surface area contributed by atoms with E-state index in [1.165, 1.54) is 6.33 Å². The van der Waals surface area contributed by atoms with Crippen molar-refractivity contribution in [3.63, 3.8) is 0 Å². The van der Waals surface area contributed by atoms with Crippen LogP contribution in [0.4, 0.5) is 0 Å². The second kappa shape index (κ2) is 10.2. The molecule has 0 saturated carbocycles. The largest absolute Gasteiger partial charge is 0.352 e. The number of carbonyl (C=O) groups excluding carboxylic acids is 2. The number of rotatable bonds is 7. The zero-order valence-corrected chi connectivity index (χ0v) is 18.5. The van der Waals surface area contributed by atoms with Gasteiger partial charge in [-0.1, -0.05) is 36.4 Å². The minimum Gasteiger partial charge on any atom is -0.352 e. The van der Waals surface area contributed by atoms with Crippen LogP contribution in [-0.4, -0.2) is 51.3 Å². The smallest absolute Gasteiger partial charge is 0.272 e. The van der Waals surface area contributed by atoms with E-state index in [4.69, 9.17) is 0 Å². The minimum absolute atomic E-state index is 0.000725. The van der Waals surface area contributed by atoms with Crippen LogP contribution in [0.3, 0.4) is 0 Å². The van der Waals surface area contributed by atoms with Gasteiger partial charge in [-0.2, -0.15) is 0 Å². The Morgan fingerprint density at radius 1 is 1.06 bits per heavy atom. The van der Waals surface area contributed by atoms with Crippen LogP contribution >= 0.6 is 0 Å². The van der Waals surface area contributed by atoms with Gasteiger partial charge in [0, 0.05) is 43.8 Å². The van der Waals surface area contributed by atoms with Gasteiger partial charge in [0.2, 0.25) is 5.91 Å². The Labute approximate surface area is 193 Å². The first-order chi connectivity index (χ1) is 16.1. The number of nitrogens with one attached hydrogen (secondary N) is 1. The number of hydrogen-bond donors (Lipinski definition) is 1. The molecule has 4 rings (SSSR count). The number of amides is 2. The predicted octanol–water partition coefficient (Wildman–Crippen LogP) is 3.31. The molecule has 1 N–H and O–H groups in total.